The number of benzene rings is 2. The van der Waals surface area contributed by atoms with Crippen molar-refractivity contribution in [2.45, 2.75) is 13.3 Å². The Balaban J connectivity index is 1.75. The van der Waals surface area contributed by atoms with Gasteiger partial charge < -0.3 is 10.4 Å². The van der Waals surface area contributed by atoms with Crippen molar-refractivity contribution in [1.82, 2.24) is 4.98 Å². The molecule has 0 aliphatic rings. The summed E-state index contributed by atoms with van der Waals surface area (Å²) in [5, 5.41) is 15.0. The quantitative estimate of drug-likeness (QED) is 0.727. The van der Waals surface area contributed by atoms with Gasteiger partial charge in [-0.2, -0.15) is 0 Å². The molecule has 2 N–H and O–H groups in total. The van der Waals surface area contributed by atoms with Crippen LogP contribution in [0.5, 0.6) is 0 Å². The Labute approximate surface area is 149 Å². The lowest BCUT2D eigenvalue weighted by atomic mass is 10.0. The van der Waals surface area contributed by atoms with Gasteiger partial charge in [0.05, 0.1) is 22.7 Å². The first-order valence-corrected chi connectivity index (χ1v) is 8.54. The lowest BCUT2D eigenvalue weighted by Gasteiger charge is -2.08. The van der Waals surface area contributed by atoms with Crippen LogP contribution in [0.2, 0.25) is 0 Å². The highest BCUT2D eigenvalue weighted by atomic mass is 32.1. The summed E-state index contributed by atoms with van der Waals surface area (Å²) in [5.74, 6) is -1.30. The molecule has 0 atom stereocenters. The number of carbonyl (C=O) groups excluding carboxylic acids is 1. The Kier molecular flexibility index (Phi) is 4.90. The van der Waals surface area contributed by atoms with E-state index < -0.39 is 5.97 Å². The number of nitrogens with one attached hydrogen (secondary N) is 1. The third kappa shape index (κ3) is 4.10. The number of aromatic carboxylic acids is 1. The summed E-state index contributed by atoms with van der Waals surface area (Å²) < 4.78 is 0. The lowest BCUT2D eigenvalue weighted by Crippen LogP contribution is -2.16. The zero-order valence-electron chi connectivity index (χ0n) is 13.5. The monoisotopic (exact) mass is 352 g/mol. The minimum absolute atomic E-state index is 0.00249. The van der Waals surface area contributed by atoms with Crippen LogP contribution in [0.1, 0.15) is 20.9 Å². The SMILES string of the molecule is Cc1nc(-c2cccc(NC(=O)Cc3ccccc3C(=O)O)c2)cs1. The molecule has 2 aromatic carbocycles. The number of carboxylic acids is 1. The fourth-order valence-corrected chi connectivity index (χ4v) is 3.14. The van der Waals surface area contributed by atoms with Crippen molar-refractivity contribution in [1.29, 1.82) is 0 Å². The summed E-state index contributed by atoms with van der Waals surface area (Å²) in [6, 6.07) is 14.0. The van der Waals surface area contributed by atoms with Crippen LogP contribution in [0, 0.1) is 6.92 Å². The molecule has 1 amide bonds. The zero-order valence-corrected chi connectivity index (χ0v) is 14.3. The number of aromatic nitrogens is 1. The van der Waals surface area contributed by atoms with Crippen molar-refractivity contribution < 1.29 is 14.7 Å². The van der Waals surface area contributed by atoms with E-state index in [4.69, 9.17) is 0 Å². The Hall–Kier alpha value is -2.99. The number of anilines is 1. The van der Waals surface area contributed by atoms with E-state index in [0.717, 1.165) is 16.3 Å². The normalized spacial score (nSPS) is 10.4. The molecule has 126 valence electrons. The highest BCUT2D eigenvalue weighted by Gasteiger charge is 2.13. The molecule has 0 fully saturated rings. The highest BCUT2D eigenvalue weighted by Crippen LogP contribution is 2.24. The maximum Gasteiger partial charge on any atom is 0.335 e. The number of amides is 1. The van der Waals surface area contributed by atoms with Crippen molar-refractivity contribution in [2.75, 3.05) is 5.32 Å². The average Bonchev–Trinajstić information content (AvgIpc) is 3.02. The second-order valence-electron chi connectivity index (χ2n) is 5.52. The van der Waals surface area contributed by atoms with Crippen molar-refractivity contribution in [2.24, 2.45) is 0 Å². The minimum Gasteiger partial charge on any atom is -0.478 e. The summed E-state index contributed by atoms with van der Waals surface area (Å²) in [4.78, 5) is 28.0. The van der Waals surface area contributed by atoms with Crippen molar-refractivity contribution >= 4 is 28.9 Å². The van der Waals surface area contributed by atoms with Gasteiger partial charge >= 0.3 is 5.97 Å². The Morgan fingerprint density at radius 2 is 1.96 bits per heavy atom. The molecule has 1 aromatic heterocycles. The van der Waals surface area contributed by atoms with Crippen molar-refractivity contribution in [3.63, 3.8) is 0 Å². The molecule has 0 radical (unpaired) electrons. The van der Waals surface area contributed by atoms with Crippen LogP contribution in [-0.4, -0.2) is 22.0 Å². The van der Waals surface area contributed by atoms with Crippen LogP contribution in [0.25, 0.3) is 11.3 Å². The maximum atomic E-state index is 12.3. The molecular formula is C19H16N2O3S. The van der Waals surface area contributed by atoms with Gasteiger partial charge in [-0.25, -0.2) is 9.78 Å². The van der Waals surface area contributed by atoms with Crippen LogP contribution in [0.15, 0.2) is 53.9 Å². The van der Waals surface area contributed by atoms with Gasteiger partial charge in [-0.05, 0) is 30.7 Å². The number of thiazole rings is 1. The summed E-state index contributed by atoms with van der Waals surface area (Å²) in [6.45, 7) is 1.94. The molecule has 0 unspecified atom stereocenters. The van der Waals surface area contributed by atoms with E-state index in [-0.39, 0.29) is 17.9 Å². The highest BCUT2D eigenvalue weighted by molar-refractivity contribution is 7.09. The molecule has 6 heteroatoms. The minimum atomic E-state index is -1.04. The van der Waals surface area contributed by atoms with Gasteiger partial charge in [0.2, 0.25) is 5.91 Å². The molecule has 1 heterocycles. The number of carbonyl (C=O) groups is 2. The van der Waals surface area contributed by atoms with Gasteiger partial charge in [0, 0.05) is 16.6 Å². The second kappa shape index (κ2) is 7.27. The van der Waals surface area contributed by atoms with E-state index in [1.54, 1.807) is 35.6 Å². The predicted molar refractivity (Wildman–Crippen MR) is 98.0 cm³/mol. The van der Waals surface area contributed by atoms with Gasteiger partial charge in [0.1, 0.15) is 0 Å². The molecule has 5 nitrogen and oxygen atoms in total. The Morgan fingerprint density at radius 3 is 2.68 bits per heavy atom. The van der Waals surface area contributed by atoms with E-state index in [0.29, 0.717) is 11.3 Å². The number of carboxylic acid groups (broad SMARTS) is 1. The molecular weight excluding hydrogens is 336 g/mol. The Bertz CT molecular complexity index is 934. The van der Waals surface area contributed by atoms with E-state index in [2.05, 4.69) is 10.3 Å². The zero-order chi connectivity index (χ0) is 17.8. The van der Waals surface area contributed by atoms with Crippen LogP contribution < -0.4 is 5.32 Å². The van der Waals surface area contributed by atoms with Gasteiger partial charge in [-0.15, -0.1) is 11.3 Å². The fraction of sp³-hybridized carbons (Fsp3) is 0.105. The molecule has 3 rings (SSSR count). The summed E-state index contributed by atoms with van der Waals surface area (Å²) in [5.41, 5.74) is 3.08. The van der Waals surface area contributed by atoms with Crippen LogP contribution >= 0.6 is 11.3 Å². The third-order valence-corrected chi connectivity index (χ3v) is 4.43. The molecule has 25 heavy (non-hydrogen) atoms. The largest absolute Gasteiger partial charge is 0.478 e. The van der Waals surface area contributed by atoms with E-state index in [9.17, 15) is 14.7 Å². The van der Waals surface area contributed by atoms with Gasteiger partial charge in [0.25, 0.3) is 0 Å². The first-order valence-electron chi connectivity index (χ1n) is 7.66. The topological polar surface area (TPSA) is 79.3 Å². The molecule has 3 aromatic rings. The van der Waals surface area contributed by atoms with Crippen molar-refractivity contribution in [3.05, 3.63) is 70.0 Å². The van der Waals surface area contributed by atoms with E-state index in [1.165, 1.54) is 6.07 Å². The molecule has 0 bridgehead atoms. The van der Waals surface area contributed by atoms with Crippen LogP contribution in [-0.2, 0) is 11.2 Å². The summed E-state index contributed by atoms with van der Waals surface area (Å²) in [6.07, 6.45) is 0.00249. The Morgan fingerprint density at radius 1 is 1.16 bits per heavy atom. The number of aryl methyl sites for hydroxylation is 1. The lowest BCUT2D eigenvalue weighted by molar-refractivity contribution is -0.115. The molecule has 0 saturated carbocycles. The van der Waals surface area contributed by atoms with Crippen LogP contribution in [0.4, 0.5) is 5.69 Å². The maximum absolute atomic E-state index is 12.3. The predicted octanol–water partition coefficient (Wildman–Crippen LogP) is 4.00. The van der Waals surface area contributed by atoms with E-state index in [1.807, 2.05) is 30.5 Å². The van der Waals surface area contributed by atoms with Gasteiger partial charge in [-0.3, -0.25) is 4.79 Å². The number of nitrogens with zero attached hydrogens (tertiary/aromatic N) is 1. The van der Waals surface area contributed by atoms with Crippen molar-refractivity contribution in [3.8, 4) is 11.3 Å². The standard InChI is InChI=1S/C19H16N2O3S/c1-12-20-17(11-25-12)14-6-4-7-15(9-14)21-18(22)10-13-5-2-3-8-16(13)19(23)24/h2-9,11H,10H2,1H3,(H,21,22)(H,23,24). The first-order chi connectivity index (χ1) is 12.0. The first kappa shape index (κ1) is 16.9. The van der Waals surface area contributed by atoms with E-state index >= 15 is 0 Å². The van der Waals surface area contributed by atoms with Gasteiger partial charge in [-0.1, -0.05) is 30.3 Å². The smallest absolute Gasteiger partial charge is 0.335 e. The summed E-state index contributed by atoms with van der Waals surface area (Å²) in [7, 11) is 0. The summed E-state index contributed by atoms with van der Waals surface area (Å²) >= 11 is 1.57. The molecule has 0 aliphatic carbocycles. The fourth-order valence-electron chi connectivity index (χ4n) is 2.51. The number of hydrogen-bond acceptors (Lipinski definition) is 4. The molecule has 0 saturated heterocycles. The molecule has 0 aliphatic heterocycles. The third-order valence-electron chi connectivity index (χ3n) is 3.66. The van der Waals surface area contributed by atoms with Gasteiger partial charge in [0.15, 0.2) is 0 Å². The van der Waals surface area contributed by atoms with Crippen LogP contribution in [0.3, 0.4) is 0 Å². The average molecular weight is 352 g/mol. The molecule has 0 spiro atoms. The second-order valence-corrected chi connectivity index (χ2v) is 6.58. The number of hydrogen-bond donors (Lipinski definition) is 2. The number of rotatable bonds is 5.